The predicted octanol–water partition coefficient (Wildman–Crippen LogP) is 16.3. The largest absolute Gasteiger partial charge is 0.382 e. The van der Waals surface area contributed by atoms with Crippen LogP contribution in [0.25, 0.3) is 0 Å². The highest BCUT2D eigenvalue weighted by Crippen LogP contribution is 2.29. The number of barbiturate groups is 1. The van der Waals surface area contributed by atoms with Gasteiger partial charge in [-0.2, -0.15) is 0 Å². The lowest BCUT2D eigenvalue weighted by Crippen LogP contribution is -2.53. The van der Waals surface area contributed by atoms with Gasteiger partial charge in [-0.1, -0.05) is 160 Å². The average molecular weight is 1910 g/mol. The third-order valence-corrected chi connectivity index (χ3v) is 25.6. The fraction of sp³-hybridized carbons (Fsp3) is 0.702. The molecular formula is C104H179N15O13S2. The summed E-state index contributed by atoms with van der Waals surface area (Å²) in [5.41, 5.74) is 4.51. The number of imide groups is 2. The Morgan fingerprint density at radius 1 is 0.336 bits per heavy atom. The first kappa shape index (κ1) is 121. The molecule has 134 heavy (non-hydrogen) atoms. The molecule has 6 aliphatic heterocycles. The zero-order valence-corrected chi connectivity index (χ0v) is 88.1. The summed E-state index contributed by atoms with van der Waals surface area (Å²) in [5.74, 6) is -0.659. The van der Waals surface area contributed by atoms with Crippen LogP contribution in [-0.4, -0.2) is 318 Å². The second-order valence-electron chi connectivity index (χ2n) is 35.0. The van der Waals surface area contributed by atoms with Crippen molar-refractivity contribution in [1.29, 1.82) is 0 Å². The van der Waals surface area contributed by atoms with Crippen molar-refractivity contribution in [3.8, 4) is 0 Å². The smallest absolute Gasteiger partial charge is 0.333 e. The topological polar surface area (TPSA) is 290 Å². The zero-order chi connectivity index (χ0) is 99.4. The summed E-state index contributed by atoms with van der Waals surface area (Å²) in [6.45, 7) is 40.9. The van der Waals surface area contributed by atoms with E-state index in [1.54, 1.807) is 54.9 Å². The molecule has 6 rings (SSSR count). The average Bonchev–Trinajstić information content (AvgIpc) is 1.01. The number of hydrogen-bond donors (Lipinski definition) is 4. The quantitative estimate of drug-likeness (QED) is 0.0190. The molecule has 0 bridgehead atoms. The molecule has 30 heteroatoms. The fourth-order valence-electron chi connectivity index (χ4n) is 15.6. The third kappa shape index (κ3) is 47.0. The summed E-state index contributed by atoms with van der Waals surface area (Å²) >= 11 is 3.52. The van der Waals surface area contributed by atoms with Gasteiger partial charge in [0.25, 0.3) is 59.1 Å². The van der Waals surface area contributed by atoms with E-state index >= 15 is 0 Å². The molecule has 0 aromatic heterocycles. The Bertz CT molecular complexity index is 3500. The first-order valence-corrected chi connectivity index (χ1v) is 53.0. The molecule has 0 radical (unpaired) electrons. The minimum absolute atomic E-state index is 0.0110. The van der Waals surface area contributed by atoms with Crippen LogP contribution in [0.2, 0.25) is 0 Å². The van der Waals surface area contributed by atoms with E-state index in [9.17, 15) is 52.7 Å². The van der Waals surface area contributed by atoms with Gasteiger partial charge in [0.1, 0.15) is 27.9 Å². The number of carbonyl (C=O) groups excluding carboxylic acids is 11. The fourth-order valence-corrected chi connectivity index (χ4v) is 17.7. The number of likely N-dealkylation sites (N-methyl/N-ethyl adjacent to an activating group) is 2. The minimum atomic E-state index is -0.610. The van der Waals surface area contributed by atoms with E-state index in [4.69, 9.17) is 9.47 Å². The minimum Gasteiger partial charge on any atom is -0.382 e. The second-order valence-corrected chi connectivity index (χ2v) is 37.2. The van der Waals surface area contributed by atoms with Crippen molar-refractivity contribution in [2.75, 3.05) is 199 Å². The highest BCUT2D eigenvalue weighted by atomic mass is 32.2. The van der Waals surface area contributed by atoms with Gasteiger partial charge in [0.2, 0.25) is 0 Å². The highest BCUT2D eigenvalue weighted by Gasteiger charge is 2.38. The molecule has 6 saturated heterocycles. The molecule has 0 spiro atoms. The van der Waals surface area contributed by atoms with Gasteiger partial charge in [-0.25, -0.2) is 4.79 Å². The predicted molar refractivity (Wildman–Crippen MR) is 551 cm³/mol. The van der Waals surface area contributed by atoms with Crippen molar-refractivity contribution in [2.45, 2.75) is 282 Å². The summed E-state index contributed by atoms with van der Waals surface area (Å²) in [5, 5.41) is 13.8. The van der Waals surface area contributed by atoms with Gasteiger partial charge >= 0.3 is 6.03 Å². The number of allylic oxidation sites excluding steroid dienone is 13. The van der Waals surface area contributed by atoms with Crippen LogP contribution in [-0.2, 0) is 57.4 Å². The Morgan fingerprint density at radius 2 is 0.649 bits per heavy atom. The molecule has 0 aliphatic carbocycles. The first-order chi connectivity index (χ1) is 64.6. The molecule has 760 valence electrons. The molecule has 4 N–H and O–H groups in total. The first-order valence-electron chi connectivity index (χ1n) is 51.0. The molecular weight excluding hydrogens is 1730 g/mol. The van der Waals surface area contributed by atoms with E-state index in [1.807, 2.05) is 71.1 Å². The molecule has 12 amide bonds. The number of rotatable bonds is 56. The lowest BCUT2D eigenvalue weighted by molar-refractivity contribution is -0.136. The number of nitrogens with one attached hydrogen (secondary N) is 4. The van der Waals surface area contributed by atoms with Crippen molar-refractivity contribution >= 4 is 88.6 Å². The zero-order valence-electron chi connectivity index (χ0n) is 86.5. The maximum absolute atomic E-state index is 13.2. The van der Waals surface area contributed by atoms with Crippen molar-refractivity contribution in [3.05, 3.63) is 116 Å². The van der Waals surface area contributed by atoms with Crippen molar-refractivity contribution < 1.29 is 62.2 Å². The second kappa shape index (κ2) is 74.5. The summed E-state index contributed by atoms with van der Waals surface area (Å²) in [4.78, 5) is 159. The van der Waals surface area contributed by atoms with Gasteiger partial charge in [-0.15, -0.1) is 23.5 Å². The molecule has 6 aliphatic rings. The lowest BCUT2D eigenvalue weighted by atomic mass is 10.1. The van der Waals surface area contributed by atoms with E-state index in [0.717, 1.165) is 237 Å². The third-order valence-electron chi connectivity index (χ3n) is 23.4. The number of unbranched alkanes of at least 4 members (excludes halogenated alkanes) is 12. The maximum atomic E-state index is 13.2. The van der Waals surface area contributed by atoms with Crippen LogP contribution >= 0.6 is 23.5 Å². The molecule has 6 fully saturated rings. The number of likely N-dealkylation sites (tertiary alicyclic amines) is 3. The van der Waals surface area contributed by atoms with Crippen LogP contribution in [0.3, 0.4) is 0 Å². The summed E-state index contributed by atoms with van der Waals surface area (Å²) in [6, 6.07) is -0.610. The van der Waals surface area contributed by atoms with E-state index < -0.39 is 17.8 Å². The van der Waals surface area contributed by atoms with Crippen LogP contribution in [0.15, 0.2) is 116 Å². The Kier molecular flexibility index (Phi) is 67.6. The summed E-state index contributed by atoms with van der Waals surface area (Å²) in [6.07, 6.45) is 49.8. The van der Waals surface area contributed by atoms with E-state index in [0.29, 0.717) is 110 Å². The molecule has 0 aromatic rings. The number of nitrogens with zero attached hydrogens (tertiary/aromatic N) is 11. The van der Waals surface area contributed by atoms with Crippen LogP contribution < -0.4 is 21.3 Å². The molecule has 0 saturated carbocycles. The number of amides is 12. The van der Waals surface area contributed by atoms with Crippen LogP contribution in [0.4, 0.5) is 4.79 Å². The molecule has 0 aromatic carbocycles. The molecule has 6 heterocycles. The van der Waals surface area contributed by atoms with E-state index in [-0.39, 0.29) is 64.0 Å². The van der Waals surface area contributed by atoms with Gasteiger partial charge in [0, 0.05) is 202 Å². The van der Waals surface area contributed by atoms with Crippen molar-refractivity contribution in [2.24, 2.45) is 0 Å². The Labute approximate surface area is 817 Å². The van der Waals surface area contributed by atoms with Crippen molar-refractivity contribution in [3.63, 3.8) is 0 Å². The molecule has 28 nitrogen and oxygen atoms in total. The molecule has 0 atom stereocenters. The highest BCUT2D eigenvalue weighted by molar-refractivity contribution is 8.03. The lowest BCUT2D eigenvalue weighted by Gasteiger charge is -2.28. The van der Waals surface area contributed by atoms with Gasteiger partial charge in [-0.05, 0) is 183 Å². The van der Waals surface area contributed by atoms with Gasteiger partial charge in [0.05, 0.1) is 23.3 Å². The standard InChI is InChI=1S/2C22H39N3O2.2C21H37N3O2S.C18H27N3O5/c1-6-14-24(15-7-2)21(26)20(13-12-19-11-10-18-23(19)5)22(27)25(16-8-3)17-9-4;1-4-6-8-10-16-23-21(26)20(15-14-19-13-12-18-25(19)3)22(27)24-17-11-9-7-5-2;1-6-12-23(13-7-2)20(25)18(10-11-19-22(5)16-17-27-19)21(26)24(14-8-3)15-9-4;1-4-6-8-10-14-22-20(25)18(12-13-19-24(3)16-17-27-19)21(26)23-15-11-9-7-5-2;1-19-16(22)15(17(23)20(2)18(19)24)8-7-14-6-4-9-21(14)10-5-11-26-13-12-25-3/h12-13H,6-11,14-18H2,1-5H3;14-15H,4-13,16-18H2,1-3H3,(H,23,26)(H,24,27);10-11H,6-9,12-17H2,1-5H3;12-13H,4-11,14-17H2,1-3H3,(H,22,25)(H,23,26);7-8H,4-6,9-13H2,1-3H3/b19-12+;19-14+;19-11-;19-13-;14-7+. The number of hydrogen-bond acceptors (Lipinski definition) is 20. The summed E-state index contributed by atoms with van der Waals surface area (Å²) < 4.78 is 10.4. The number of methoxy groups -OCH3 is 1. The number of ether oxygens (including phenoxy) is 2. The van der Waals surface area contributed by atoms with Crippen molar-refractivity contribution in [1.82, 2.24) is 75.2 Å². The van der Waals surface area contributed by atoms with Crippen LogP contribution in [0, 0.1) is 0 Å². The Hall–Kier alpha value is -8.61. The maximum Gasteiger partial charge on any atom is 0.333 e. The van der Waals surface area contributed by atoms with Gasteiger partial charge in [0.15, 0.2) is 0 Å². The summed E-state index contributed by atoms with van der Waals surface area (Å²) in [7, 11) is 12.6. The number of urea groups is 1. The SMILES string of the molecule is CCCCCCNC(=O)C(=C/C=C1\CCCN1C)C(=O)NCCCCCC.CCCCCCNC(=O)C(=C/C=C1\SCCN1C)C(=O)NCCCCCC.CCCN(CCC)C(=O)C(=C/C=C1\CCCN1C)C(=O)N(CCC)CCC.CCCN(CCC)C(=O)C(=C/C=C1\SCCN1C)C(=O)N(CCC)CCC.COCCOCCCN1CCC/C1=C\C=C1C(=O)N(C)C(=O)N(C)C1=O. The number of thioether (sulfide) groups is 2. The normalized spacial score (nSPS) is 16.1. The van der Waals surface area contributed by atoms with E-state index in [2.05, 4.69) is 136 Å². The van der Waals surface area contributed by atoms with Gasteiger partial charge < -0.3 is 74.8 Å². The van der Waals surface area contributed by atoms with Gasteiger partial charge in [-0.3, -0.25) is 57.7 Å². The molecule has 0 unspecified atom stereocenters. The number of carbonyl (C=O) groups is 11. The van der Waals surface area contributed by atoms with E-state index in [1.165, 1.54) is 70.1 Å². The Morgan fingerprint density at radius 3 is 0.948 bits per heavy atom. The van der Waals surface area contributed by atoms with Crippen LogP contribution in [0.1, 0.15) is 282 Å². The monoisotopic (exact) mass is 1910 g/mol. The Balaban J connectivity index is 0.000000567. The van der Waals surface area contributed by atoms with Crippen LogP contribution in [0.5, 0.6) is 0 Å².